The first kappa shape index (κ1) is 26.8. The number of hydrogen-bond donors (Lipinski definition) is 1. The summed E-state index contributed by atoms with van der Waals surface area (Å²) in [5.74, 6) is 1.93. The van der Waals surface area contributed by atoms with Gasteiger partial charge in [0.05, 0.1) is 37.7 Å². The van der Waals surface area contributed by atoms with Crippen LogP contribution in [0.25, 0.3) is 0 Å². The van der Waals surface area contributed by atoms with Crippen LogP contribution >= 0.6 is 0 Å². The van der Waals surface area contributed by atoms with E-state index in [4.69, 9.17) is 23.5 Å². The molecule has 10 nitrogen and oxygen atoms in total. The molecule has 202 valence electrons. The zero-order valence-electron chi connectivity index (χ0n) is 22.5. The van der Waals surface area contributed by atoms with Crippen LogP contribution in [0.2, 0.25) is 0 Å². The summed E-state index contributed by atoms with van der Waals surface area (Å²) in [7, 11) is 0. The second kappa shape index (κ2) is 11.5. The molecule has 2 amide bonds. The molecule has 0 fully saturated rings. The molecule has 4 rings (SSSR count). The minimum atomic E-state index is -0.652. The van der Waals surface area contributed by atoms with Gasteiger partial charge in [-0.05, 0) is 71.9 Å². The van der Waals surface area contributed by atoms with Crippen molar-refractivity contribution in [3.05, 3.63) is 52.9 Å². The quantitative estimate of drug-likeness (QED) is 0.393. The fraction of sp³-hybridized carbons (Fsp3) is 0.393. The molecule has 0 saturated heterocycles. The molecule has 2 heterocycles. The smallest absolute Gasteiger partial charge is 0.268 e. The van der Waals surface area contributed by atoms with Crippen molar-refractivity contribution < 1.29 is 33.1 Å². The van der Waals surface area contributed by atoms with Crippen molar-refractivity contribution >= 4 is 23.2 Å². The summed E-state index contributed by atoms with van der Waals surface area (Å²) in [6.45, 7) is 12.4. The standard InChI is InChI=1S/C28H33N3O7/c1-7-34-24-12-19(13-25(35-8-2)26(24)36-9-3)27(32)29-20-10-11-23-22(14-20)31(28(33)18(6)37-23)15-21-16(4)30-38-17(21)5/h10-14,18H,7-9,15H2,1-6H3,(H,29,32). The second-order valence-corrected chi connectivity index (χ2v) is 8.72. The molecular weight excluding hydrogens is 490 g/mol. The Balaban J connectivity index is 1.65. The number of nitrogens with zero attached hydrogens (tertiary/aromatic N) is 2. The molecule has 0 aliphatic carbocycles. The summed E-state index contributed by atoms with van der Waals surface area (Å²) >= 11 is 0. The van der Waals surface area contributed by atoms with Crippen LogP contribution in [-0.4, -0.2) is 42.9 Å². The number of carbonyl (C=O) groups excluding carboxylic acids is 2. The molecule has 0 bridgehead atoms. The van der Waals surface area contributed by atoms with Gasteiger partial charge < -0.3 is 33.7 Å². The molecule has 1 aliphatic heterocycles. The van der Waals surface area contributed by atoms with Gasteiger partial charge in [0.15, 0.2) is 17.6 Å². The number of anilines is 2. The first-order chi connectivity index (χ1) is 18.3. The molecule has 1 atom stereocenters. The molecule has 10 heteroatoms. The molecule has 0 spiro atoms. The second-order valence-electron chi connectivity index (χ2n) is 8.72. The van der Waals surface area contributed by atoms with Crippen molar-refractivity contribution in [2.24, 2.45) is 0 Å². The van der Waals surface area contributed by atoms with Crippen LogP contribution < -0.4 is 29.2 Å². The Labute approximate surface area is 221 Å². The van der Waals surface area contributed by atoms with Gasteiger partial charge in [0, 0.05) is 16.8 Å². The zero-order chi connectivity index (χ0) is 27.4. The predicted octanol–water partition coefficient (Wildman–Crippen LogP) is 5.05. The van der Waals surface area contributed by atoms with E-state index in [-0.39, 0.29) is 18.4 Å². The number of fused-ring (bicyclic) bond motifs is 1. The summed E-state index contributed by atoms with van der Waals surface area (Å²) in [6, 6.07) is 8.45. The largest absolute Gasteiger partial charge is 0.490 e. The number of ether oxygens (including phenoxy) is 4. The predicted molar refractivity (Wildman–Crippen MR) is 142 cm³/mol. The summed E-state index contributed by atoms with van der Waals surface area (Å²) in [4.78, 5) is 28.0. The highest BCUT2D eigenvalue weighted by molar-refractivity contribution is 6.06. The van der Waals surface area contributed by atoms with Gasteiger partial charge in [0.1, 0.15) is 11.5 Å². The van der Waals surface area contributed by atoms with E-state index < -0.39 is 6.10 Å². The average molecular weight is 524 g/mol. The maximum atomic E-state index is 13.3. The number of aryl methyl sites for hydroxylation is 2. The van der Waals surface area contributed by atoms with Gasteiger partial charge in [-0.1, -0.05) is 5.16 Å². The van der Waals surface area contributed by atoms with Crippen molar-refractivity contribution in [3.8, 4) is 23.0 Å². The summed E-state index contributed by atoms with van der Waals surface area (Å²) in [5.41, 5.74) is 2.92. The highest BCUT2D eigenvalue weighted by Gasteiger charge is 2.33. The van der Waals surface area contributed by atoms with Crippen LogP contribution in [0, 0.1) is 13.8 Å². The Bertz CT molecular complexity index is 1290. The van der Waals surface area contributed by atoms with Gasteiger partial charge in [0.25, 0.3) is 11.8 Å². The molecule has 1 aliphatic rings. The summed E-state index contributed by atoms with van der Waals surface area (Å²) in [6.07, 6.45) is -0.652. The lowest BCUT2D eigenvalue weighted by Gasteiger charge is -2.33. The Hall–Kier alpha value is -4.21. The minimum absolute atomic E-state index is 0.199. The van der Waals surface area contributed by atoms with Crippen molar-refractivity contribution in [1.29, 1.82) is 0 Å². The van der Waals surface area contributed by atoms with Crippen LogP contribution in [-0.2, 0) is 11.3 Å². The minimum Gasteiger partial charge on any atom is -0.490 e. The van der Waals surface area contributed by atoms with Crippen molar-refractivity contribution in [3.63, 3.8) is 0 Å². The van der Waals surface area contributed by atoms with Gasteiger partial charge in [0.2, 0.25) is 5.75 Å². The molecule has 0 saturated carbocycles. The molecule has 0 radical (unpaired) electrons. The molecule has 38 heavy (non-hydrogen) atoms. The number of nitrogens with one attached hydrogen (secondary N) is 1. The first-order valence-electron chi connectivity index (χ1n) is 12.7. The monoisotopic (exact) mass is 523 g/mol. The fourth-order valence-electron chi connectivity index (χ4n) is 4.26. The molecule has 3 aromatic rings. The van der Waals surface area contributed by atoms with Gasteiger partial charge in [-0.25, -0.2) is 0 Å². The summed E-state index contributed by atoms with van der Waals surface area (Å²) < 4.78 is 28.3. The number of amides is 2. The molecule has 2 aromatic carbocycles. The van der Waals surface area contributed by atoms with E-state index in [2.05, 4.69) is 10.5 Å². The van der Waals surface area contributed by atoms with Crippen molar-refractivity contribution in [2.45, 2.75) is 54.2 Å². The Morgan fingerprint density at radius 2 is 1.68 bits per heavy atom. The number of aromatic nitrogens is 1. The number of carbonyl (C=O) groups is 2. The highest BCUT2D eigenvalue weighted by Crippen LogP contribution is 2.40. The SMILES string of the molecule is CCOc1cc(C(=O)Nc2ccc3c(c2)N(Cc2c(C)noc2C)C(=O)C(C)O3)cc(OCC)c1OCC. The van der Waals surface area contributed by atoms with Gasteiger partial charge in [-0.2, -0.15) is 0 Å². The summed E-state index contributed by atoms with van der Waals surface area (Å²) in [5, 5.41) is 6.91. The molecule has 1 N–H and O–H groups in total. The van der Waals surface area contributed by atoms with Gasteiger partial charge >= 0.3 is 0 Å². The highest BCUT2D eigenvalue weighted by atomic mass is 16.5. The third-order valence-corrected chi connectivity index (χ3v) is 6.09. The van der Waals surface area contributed by atoms with Crippen LogP contribution in [0.3, 0.4) is 0 Å². The van der Waals surface area contributed by atoms with E-state index >= 15 is 0 Å². The van der Waals surface area contributed by atoms with Crippen molar-refractivity contribution in [2.75, 3.05) is 30.0 Å². The normalized spacial score (nSPS) is 14.5. The van der Waals surface area contributed by atoms with Crippen LogP contribution in [0.1, 0.15) is 55.1 Å². The number of rotatable bonds is 10. The maximum absolute atomic E-state index is 13.3. The molecule has 1 aromatic heterocycles. The van der Waals surface area contributed by atoms with Gasteiger partial charge in [-0.3, -0.25) is 9.59 Å². The van der Waals surface area contributed by atoms with E-state index in [9.17, 15) is 9.59 Å². The third kappa shape index (κ3) is 5.39. The topological polar surface area (TPSA) is 112 Å². The Morgan fingerprint density at radius 3 is 2.26 bits per heavy atom. The van der Waals surface area contributed by atoms with E-state index in [1.807, 2.05) is 34.6 Å². The lowest BCUT2D eigenvalue weighted by molar-refractivity contribution is -0.125. The van der Waals surface area contributed by atoms with Crippen LogP contribution in [0.4, 0.5) is 11.4 Å². The lowest BCUT2D eigenvalue weighted by Crippen LogP contribution is -2.44. The number of hydrogen-bond acceptors (Lipinski definition) is 8. The Morgan fingerprint density at radius 1 is 1.03 bits per heavy atom. The maximum Gasteiger partial charge on any atom is 0.268 e. The third-order valence-electron chi connectivity index (χ3n) is 6.09. The van der Waals surface area contributed by atoms with Crippen LogP contribution in [0.5, 0.6) is 23.0 Å². The number of benzene rings is 2. The van der Waals surface area contributed by atoms with E-state index in [0.29, 0.717) is 71.2 Å². The average Bonchev–Trinajstić information content (AvgIpc) is 3.21. The van der Waals surface area contributed by atoms with Crippen molar-refractivity contribution in [1.82, 2.24) is 5.16 Å². The lowest BCUT2D eigenvalue weighted by atomic mass is 10.1. The molecule has 1 unspecified atom stereocenters. The van der Waals surface area contributed by atoms with E-state index in [1.54, 1.807) is 42.2 Å². The van der Waals surface area contributed by atoms with Crippen LogP contribution in [0.15, 0.2) is 34.9 Å². The van der Waals surface area contributed by atoms with E-state index in [0.717, 1.165) is 5.56 Å². The Kier molecular flexibility index (Phi) is 8.09. The van der Waals surface area contributed by atoms with E-state index in [1.165, 1.54) is 0 Å². The fourth-order valence-corrected chi connectivity index (χ4v) is 4.26. The first-order valence-corrected chi connectivity index (χ1v) is 12.7. The zero-order valence-corrected chi connectivity index (χ0v) is 22.5. The van der Waals surface area contributed by atoms with Gasteiger partial charge in [-0.15, -0.1) is 0 Å². The molecular formula is C28H33N3O7.